The lowest BCUT2D eigenvalue weighted by Crippen LogP contribution is -2.41. The van der Waals surface area contributed by atoms with Crippen molar-refractivity contribution < 1.29 is 9.18 Å². The Bertz CT molecular complexity index is 1080. The van der Waals surface area contributed by atoms with Crippen LogP contribution in [0.5, 0.6) is 0 Å². The summed E-state index contributed by atoms with van der Waals surface area (Å²) in [5.74, 6) is -0.391. The highest BCUT2D eigenvalue weighted by Gasteiger charge is 2.18. The van der Waals surface area contributed by atoms with Crippen molar-refractivity contribution in [2.75, 3.05) is 39.5 Å². The standard InChI is InChI=1S/C13H11ClFN.C8H16N2O.C7H7N.C3H6/c1-16-11-5-2-9(3-6-11)10-4-7-13(15)12(14)8-10;1-9-5-3-8(4-6-9)10(2)7-11;1-2-7-4-3-5-8-6-7;1-2-3-1/h2-8,16H,1H3;7-8H,3-6H2,1-2H3;2-6H,1H2;1-3H2. The van der Waals surface area contributed by atoms with Crippen molar-refractivity contribution >= 4 is 29.8 Å². The van der Waals surface area contributed by atoms with Crippen molar-refractivity contribution in [2.45, 2.75) is 38.1 Å². The van der Waals surface area contributed by atoms with Crippen molar-refractivity contribution in [2.24, 2.45) is 0 Å². The normalized spacial score (nSPS) is 14.2. The van der Waals surface area contributed by atoms with Gasteiger partial charge in [-0.2, -0.15) is 0 Å². The molecule has 1 amide bonds. The van der Waals surface area contributed by atoms with Gasteiger partial charge in [-0.05, 0) is 80.0 Å². The van der Waals surface area contributed by atoms with Crippen LogP contribution in [0.2, 0.25) is 5.02 Å². The number of benzene rings is 2. The summed E-state index contributed by atoms with van der Waals surface area (Å²) < 4.78 is 13.0. The molecule has 1 aromatic heterocycles. The van der Waals surface area contributed by atoms with Gasteiger partial charge in [-0.15, -0.1) is 0 Å². The van der Waals surface area contributed by atoms with E-state index in [0.29, 0.717) is 6.04 Å². The molecule has 1 aliphatic heterocycles. The second-order valence-corrected chi connectivity index (χ2v) is 9.72. The highest BCUT2D eigenvalue weighted by atomic mass is 35.5. The lowest BCUT2D eigenvalue weighted by atomic mass is 10.1. The topological polar surface area (TPSA) is 48.5 Å². The molecule has 2 heterocycles. The molecule has 0 radical (unpaired) electrons. The van der Waals surface area contributed by atoms with Gasteiger partial charge in [-0.25, -0.2) is 4.39 Å². The maximum Gasteiger partial charge on any atom is 0.209 e. The van der Waals surface area contributed by atoms with E-state index in [2.05, 4.69) is 28.8 Å². The number of nitrogens with one attached hydrogen (secondary N) is 1. The van der Waals surface area contributed by atoms with Crippen LogP contribution in [0, 0.1) is 5.82 Å². The highest BCUT2D eigenvalue weighted by Crippen LogP contribution is 2.25. The fourth-order valence-corrected chi connectivity index (χ4v) is 3.67. The Morgan fingerprint density at radius 2 is 1.71 bits per heavy atom. The summed E-state index contributed by atoms with van der Waals surface area (Å²) in [7, 11) is 5.85. The smallest absolute Gasteiger partial charge is 0.209 e. The summed E-state index contributed by atoms with van der Waals surface area (Å²) in [6.45, 7) is 5.82. The van der Waals surface area contributed by atoms with Crippen LogP contribution < -0.4 is 5.32 Å². The van der Waals surface area contributed by atoms with E-state index in [-0.39, 0.29) is 5.02 Å². The van der Waals surface area contributed by atoms with Gasteiger partial charge >= 0.3 is 0 Å². The average molecular weight is 539 g/mol. The predicted octanol–water partition coefficient (Wildman–Crippen LogP) is 7.25. The lowest BCUT2D eigenvalue weighted by molar-refractivity contribution is -0.119. The van der Waals surface area contributed by atoms with Gasteiger partial charge in [-0.3, -0.25) is 9.78 Å². The minimum absolute atomic E-state index is 0.148. The largest absolute Gasteiger partial charge is 0.388 e. The van der Waals surface area contributed by atoms with Gasteiger partial charge < -0.3 is 15.1 Å². The van der Waals surface area contributed by atoms with Crippen molar-refractivity contribution in [3.63, 3.8) is 0 Å². The predicted molar refractivity (Wildman–Crippen MR) is 159 cm³/mol. The molecule has 2 fully saturated rings. The molecule has 204 valence electrons. The molecule has 38 heavy (non-hydrogen) atoms. The van der Waals surface area contributed by atoms with E-state index in [1.54, 1.807) is 35.5 Å². The fraction of sp³-hybridized carbons (Fsp3) is 0.355. The van der Waals surface area contributed by atoms with E-state index < -0.39 is 5.82 Å². The second-order valence-electron chi connectivity index (χ2n) is 9.31. The Labute approximate surface area is 232 Å². The maximum atomic E-state index is 13.0. The molecule has 2 aromatic carbocycles. The summed E-state index contributed by atoms with van der Waals surface area (Å²) in [6.07, 6.45) is 12.9. The van der Waals surface area contributed by atoms with E-state index in [4.69, 9.17) is 11.6 Å². The molecule has 2 aliphatic rings. The molecular weight excluding hydrogens is 499 g/mol. The number of amides is 1. The van der Waals surface area contributed by atoms with Crippen LogP contribution in [-0.2, 0) is 4.79 Å². The molecule has 0 atom stereocenters. The summed E-state index contributed by atoms with van der Waals surface area (Å²) in [6, 6.07) is 16.9. The zero-order chi connectivity index (χ0) is 27.8. The molecule has 5 rings (SSSR count). The number of rotatable bonds is 5. The molecule has 1 saturated heterocycles. The number of nitrogens with zero attached hydrogens (tertiary/aromatic N) is 3. The Hall–Kier alpha value is -3.22. The zero-order valence-corrected chi connectivity index (χ0v) is 23.5. The number of halogens is 2. The molecule has 0 spiro atoms. The minimum atomic E-state index is -0.391. The molecule has 7 heteroatoms. The van der Waals surface area contributed by atoms with E-state index in [9.17, 15) is 9.18 Å². The van der Waals surface area contributed by atoms with E-state index in [1.165, 1.54) is 25.3 Å². The van der Waals surface area contributed by atoms with Crippen LogP contribution in [0.1, 0.15) is 37.7 Å². The van der Waals surface area contributed by atoms with Crippen LogP contribution >= 0.6 is 11.6 Å². The first kappa shape index (κ1) is 31.0. The summed E-state index contributed by atoms with van der Waals surface area (Å²) in [5, 5.41) is 3.19. The third-order valence-electron chi connectivity index (χ3n) is 6.13. The SMILES string of the molecule is C1CC1.C=Cc1cccnc1.CN1CCC(N(C)C=O)CC1.CNc1ccc(-c2ccc(F)c(Cl)c2)cc1. The Morgan fingerprint density at radius 3 is 2.16 bits per heavy atom. The van der Waals surface area contributed by atoms with Gasteiger partial charge in [0.15, 0.2) is 0 Å². The Morgan fingerprint density at radius 1 is 1.08 bits per heavy atom. The first-order valence-electron chi connectivity index (χ1n) is 13.0. The molecule has 0 bridgehead atoms. The van der Waals surface area contributed by atoms with Crippen LogP contribution in [0.25, 0.3) is 17.2 Å². The maximum absolute atomic E-state index is 13.0. The number of carbonyl (C=O) groups excluding carboxylic acids is 1. The Balaban J connectivity index is 0.000000199. The van der Waals surface area contributed by atoms with Gasteiger partial charge in [0.25, 0.3) is 0 Å². The van der Waals surface area contributed by atoms with Gasteiger partial charge in [0.1, 0.15) is 5.82 Å². The summed E-state index contributed by atoms with van der Waals surface area (Å²) in [4.78, 5) is 18.4. The molecule has 1 saturated carbocycles. The van der Waals surface area contributed by atoms with Crippen molar-refractivity contribution in [1.29, 1.82) is 0 Å². The van der Waals surface area contributed by atoms with Gasteiger partial charge in [0, 0.05) is 38.2 Å². The minimum Gasteiger partial charge on any atom is -0.388 e. The summed E-state index contributed by atoms with van der Waals surface area (Å²) >= 11 is 5.73. The quantitative estimate of drug-likeness (QED) is 0.347. The number of anilines is 1. The summed E-state index contributed by atoms with van der Waals surface area (Å²) in [5.41, 5.74) is 4.03. The zero-order valence-electron chi connectivity index (χ0n) is 22.7. The van der Waals surface area contributed by atoms with Crippen molar-refractivity contribution in [3.05, 3.63) is 90.0 Å². The van der Waals surface area contributed by atoms with Crippen LogP contribution in [0.3, 0.4) is 0 Å². The number of hydrogen-bond donors (Lipinski definition) is 1. The van der Waals surface area contributed by atoms with Crippen LogP contribution in [0.4, 0.5) is 10.1 Å². The monoisotopic (exact) mass is 538 g/mol. The number of likely N-dealkylation sites (tertiary alicyclic amines) is 1. The van der Waals surface area contributed by atoms with Gasteiger partial charge in [0.05, 0.1) is 5.02 Å². The van der Waals surface area contributed by atoms with E-state index in [1.807, 2.05) is 50.5 Å². The average Bonchev–Trinajstić information content (AvgIpc) is 3.86. The third-order valence-corrected chi connectivity index (χ3v) is 6.42. The Kier molecular flexibility index (Phi) is 14.1. The fourth-order valence-electron chi connectivity index (χ4n) is 3.49. The van der Waals surface area contributed by atoms with E-state index in [0.717, 1.165) is 54.7 Å². The number of aromatic nitrogens is 1. The first-order valence-corrected chi connectivity index (χ1v) is 13.4. The molecule has 3 aromatic rings. The van der Waals surface area contributed by atoms with Gasteiger partial charge in [0.2, 0.25) is 6.41 Å². The van der Waals surface area contributed by atoms with E-state index >= 15 is 0 Å². The van der Waals surface area contributed by atoms with Gasteiger partial charge in [-0.1, -0.05) is 67.8 Å². The van der Waals surface area contributed by atoms with Crippen LogP contribution in [-0.4, -0.2) is 61.5 Å². The second kappa shape index (κ2) is 17.3. The first-order chi connectivity index (χ1) is 18.4. The third kappa shape index (κ3) is 11.9. The van der Waals surface area contributed by atoms with Crippen LogP contribution in [0.15, 0.2) is 73.6 Å². The van der Waals surface area contributed by atoms with Crippen molar-refractivity contribution in [1.82, 2.24) is 14.8 Å². The number of carbonyl (C=O) groups is 1. The number of pyridine rings is 1. The molecular formula is C31H40ClFN4O. The molecule has 0 unspecified atom stereocenters. The number of piperidine rings is 1. The lowest BCUT2D eigenvalue weighted by Gasteiger charge is -2.32. The number of hydrogen-bond acceptors (Lipinski definition) is 4. The molecule has 5 nitrogen and oxygen atoms in total. The highest BCUT2D eigenvalue weighted by molar-refractivity contribution is 6.31. The molecule has 1 aliphatic carbocycles. The van der Waals surface area contributed by atoms with Crippen molar-refractivity contribution in [3.8, 4) is 11.1 Å². The molecule has 1 N–H and O–H groups in total.